The molecule has 0 saturated carbocycles. The Morgan fingerprint density at radius 2 is 1.76 bits per heavy atom. The van der Waals surface area contributed by atoms with E-state index in [9.17, 15) is 8.42 Å². The smallest absolute Gasteiger partial charge is 0.265 e. The van der Waals surface area contributed by atoms with Gasteiger partial charge in [-0.2, -0.15) is 0 Å². The number of nitrogens with zero attached hydrogens (tertiary/aromatic N) is 1. The van der Waals surface area contributed by atoms with E-state index in [4.69, 9.17) is 0 Å². The summed E-state index contributed by atoms with van der Waals surface area (Å²) >= 11 is 6.65. The Balaban J connectivity index is 2.61. The fourth-order valence-corrected chi connectivity index (χ4v) is 5.11. The van der Waals surface area contributed by atoms with Crippen molar-refractivity contribution in [2.45, 2.75) is 18.7 Å². The molecule has 0 aliphatic rings. The lowest BCUT2D eigenvalue weighted by Crippen LogP contribution is -2.31. The Morgan fingerprint density at radius 1 is 1.10 bits per heavy atom. The molecule has 3 nitrogen and oxygen atoms in total. The number of sulfonamides is 1. The Morgan fingerprint density at radius 3 is 2.38 bits per heavy atom. The molecule has 0 heterocycles. The molecule has 0 radical (unpaired) electrons. The van der Waals surface area contributed by atoms with Gasteiger partial charge in [0.05, 0.1) is 5.69 Å². The minimum atomic E-state index is -3.62. The molecule has 0 amide bonds. The van der Waals surface area contributed by atoms with Crippen molar-refractivity contribution in [1.29, 1.82) is 0 Å². The second-order valence-electron chi connectivity index (χ2n) is 4.53. The van der Waals surface area contributed by atoms with E-state index in [0.717, 1.165) is 10.0 Å². The summed E-state index contributed by atoms with van der Waals surface area (Å²) < 4.78 is 28.6. The number of rotatable bonds is 4. The first-order valence-electron chi connectivity index (χ1n) is 6.41. The molecule has 2 rings (SSSR count). The van der Waals surface area contributed by atoms with Crippen LogP contribution >= 0.6 is 31.9 Å². The lowest BCUT2D eigenvalue weighted by atomic mass is 10.2. The highest BCUT2D eigenvalue weighted by atomic mass is 79.9. The van der Waals surface area contributed by atoms with Crippen LogP contribution in [-0.4, -0.2) is 15.0 Å². The maximum Gasteiger partial charge on any atom is 0.265 e. The molecule has 0 aliphatic carbocycles. The van der Waals surface area contributed by atoms with Gasteiger partial charge >= 0.3 is 0 Å². The van der Waals surface area contributed by atoms with Crippen LogP contribution in [0, 0.1) is 6.92 Å². The van der Waals surface area contributed by atoms with Crippen molar-refractivity contribution < 1.29 is 8.42 Å². The van der Waals surface area contributed by atoms with Crippen molar-refractivity contribution in [2.75, 3.05) is 10.8 Å². The third kappa shape index (κ3) is 3.33. The second-order valence-corrected chi connectivity index (χ2v) is 8.13. The Kier molecular flexibility index (Phi) is 5.11. The van der Waals surface area contributed by atoms with Gasteiger partial charge in [0, 0.05) is 15.5 Å². The number of benzene rings is 2. The van der Waals surface area contributed by atoms with Gasteiger partial charge in [-0.3, -0.25) is 4.31 Å². The fourth-order valence-electron chi connectivity index (χ4n) is 2.11. The number of hydrogen-bond acceptors (Lipinski definition) is 2. The van der Waals surface area contributed by atoms with E-state index in [1.54, 1.807) is 18.2 Å². The first kappa shape index (κ1) is 16.5. The first-order valence-corrected chi connectivity index (χ1v) is 9.44. The van der Waals surface area contributed by atoms with Crippen molar-refractivity contribution in [3.8, 4) is 0 Å². The normalized spacial score (nSPS) is 11.4. The average Bonchev–Trinajstić information content (AvgIpc) is 2.44. The molecule has 0 spiro atoms. The minimum absolute atomic E-state index is 0.252. The van der Waals surface area contributed by atoms with Crippen molar-refractivity contribution in [2.24, 2.45) is 0 Å². The highest BCUT2D eigenvalue weighted by Gasteiger charge is 2.26. The lowest BCUT2D eigenvalue weighted by molar-refractivity contribution is 0.591. The SMILES string of the molecule is CCN(c1ccccc1C)S(=O)(=O)c1cc(Br)ccc1Br. The van der Waals surface area contributed by atoms with Crippen molar-refractivity contribution in [3.05, 3.63) is 57.0 Å². The monoisotopic (exact) mass is 431 g/mol. The standard InChI is InChI=1S/C15H15Br2NO2S/c1-3-18(14-7-5-4-6-11(14)2)21(19,20)15-10-12(16)8-9-13(15)17/h4-10H,3H2,1-2H3. The largest absolute Gasteiger partial charge is 0.266 e. The Bertz CT molecular complexity index is 760. The zero-order valence-corrected chi connectivity index (χ0v) is 15.7. The molecule has 112 valence electrons. The van der Waals surface area contributed by atoms with Crippen molar-refractivity contribution in [1.82, 2.24) is 0 Å². The molecule has 0 bridgehead atoms. The summed E-state index contributed by atoms with van der Waals surface area (Å²) in [7, 11) is -3.62. The van der Waals surface area contributed by atoms with Gasteiger partial charge in [0.2, 0.25) is 0 Å². The van der Waals surface area contributed by atoms with E-state index in [2.05, 4.69) is 31.9 Å². The highest BCUT2D eigenvalue weighted by molar-refractivity contribution is 9.11. The number of aryl methyl sites for hydroxylation is 1. The molecule has 0 saturated heterocycles. The van der Waals surface area contributed by atoms with Gasteiger partial charge in [0.1, 0.15) is 4.90 Å². The quantitative estimate of drug-likeness (QED) is 0.699. The van der Waals surface area contributed by atoms with Crippen LogP contribution in [0.2, 0.25) is 0 Å². The molecule has 0 fully saturated rings. The first-order chi connectivity index (χ1) is 9.87. The summed E-state index contributed by atoms with van der Waals surface area (Å²) in [4.78, 5) is 0.252. The van der Waals surface area contributed by atoms with E-state index in [1.807, 2.05) is 38.1 Å². The van der Waals surface area contributed by atoms with Gasteiger partial charge in [-0.1, -0.05) is 34.1 Å². The van der Waals surface area contributed by atoms with Crippen LogP contribution in [0.15, 0.2) is 56.3 Å². The maximum absolute atomic E-state index is 13.0. The molecule has 21 heavy (non-hydrogen) atoms. The lowest BCUT2D eigenvalue weighted by Gasteiger charge is -2.25. The van der Waals surface area contributed by atoms with Crippen molar-refractivity contribution in [3.63, 3.8) is 0 Å². The van der Waals surface area contributed by atoms with Crippen LogP contribution in [0.5, 0.6) is 0 Å². The number of anilines is 1. The molecule has 0 aromatic heterocycles. The van der Waals surface area contributed by atoms with Gasteiger partial charge in [0.25, 0.3) is 10.0 Å². The zero-order chi connectivity index (χ0) is 15.6. The predicted molar refractivity (Wildman–Crippen MR) is 93.2 cm³/mol. The number of halogens is 2. The molecule has 0 unspecified atom stereocenters. The Hall–Kier alpha value is -0.850. The molecule has 2 aromatic rings. The van der Waals surface area contributed by atoms with Gasteiger partial charge in [-0.25, -0.2) is 8.42 Å². The summed E-state index contributed by atoms with van der Waals surface area (Å²) in [6.45, 7) is 4.10. The van der Waals surface area contributed by atoms with E-state index in [1.165, 1.54) is 4.31 Å². The zero-order valence-electron chi connectivity index (χ0n) is 11.7. The van der Waals surface area contributed by atoms with Crippen LogP contribution in [0.25, 0.3) is 0 Å². The molecule has 6 heteroatoms. The van der Waals surface area contributed by atoms with E-state index < -0.39 is 10.0 Å². The fraction of sp³-hybridized carbons (Fsp3) is 0.200. The van der Waals surface area contributed by atoms with E-state index >= 15 is 0 Å². The van der Waals surface area contributed by atoms with Gasteiger partial charge in [-0.15, -0.1) is 0 Å². The second kappa shape index (κ2) is 6.50. The summed E-state index contributed by atoms with van der Waals surface area (Å²) in [5.74, 6) is 0. The van der Waals surface area contributed by atoms with Crippen LogP contribution in [0.3, 0.4) is 0 Å². The molecular weight excluding hydrogens is 418 g/mol. The molecule has 0 N–H and O–H groups in total. The van der Waals surface area contributed by atoms with Crippen LogP contribution in [-0.2, 0) is 10.0 Å². The molecular formula is C15H15Br2NO2S. The summed E-state index contributed by atoms with van der Waals surface area (Å²) in [6, 6.07) is 12.6. The van der Waals surface area contributed by atoms with Crippen molar-refractivity contribution >= 4 is 47.6 Å². The third-order valence-electron chi connectivity index (χ3n) is 3.13. The molecule has 0 atom stereocenters. The minimum Gasteiger partial charge on any atom is -0.266 e. The van der Waals surface area contributed by atoms with Crippen LogP contribution < -0.4 is 4.31 Å². The average molecular weight is 433 g/mol. The summed E-state index contributed by atoms with van der Waals surface area (Å²) in [5, 5.41) is 0. The molecule has 0 aliphatic heterocycles. The topological polar surface area (TPSA) is 37.4 Å². The summed E-state index contributed by atoms with van der Waals surface area (Å²) in [5.41, 5.74) is 1.63. The van der Waals surface area contributed by atoms with Gasteiger partial charge < -0.3 is 0 Å². The van der Waals surface area contributed by atoms with Crippen LogP contribution in [0.1, 0.15) is 12.5 Å². The number of para-hydroxylation sites is 1. The van der Waals surface area contributed by atoms with Crippen LogP contribution in [0.4, 0.5) is 5.69 Å². The van der Waals surface area contributed by atoms with E-state index in [0.29, 0.717) is 16.7 Å². The number of hydrogen-bond donors (Lipinski definition) is 0. The third-order valence-corrected chi connectivity index (χ3v) is 6.51. The Labute approximate surface area is 142 Å². The predicted octanol–water partition coefficient (Wildman–Crippen LogP) is 4.74. The summed E-state index contributed by atoms with van der Waals surface area (Å²) in [6.07, 6.45) is 0. The maximum atomic E-state index is 13.0. The van der Waals surface area contributed by atoms with Gasteiger partial charge in [-0.05, 0) is 59.6 Å². The molecule has 2 aromatic carbocycles. The highest BCUT2D eigenvalue weighted by Crippen LogP contribution is 2.32. The van der Waals surface area contributed by atoms with E-state index in [-0.39, 0.29) is 4.90 Å². The van der Waals surface area contributed by atoms with Gasteiger partial charge in [0.15, 0.2) is 0 Å².